The van der Waals surface area contributed by atoms with Crippen LogP contribution in [-0.2, 0) is 11.4 Å². The van der Waals surface area contributed by atoms with Crippen molar-refractivity contribution in [3.8, 4) is 11.8 Å². The molecule has 0 heterocycles. The van der Waals surface area contributed by atoms with Gasteiger partial charge in [-0.3, -0.25) is 4.79 Å². The summed E-state index contributed by atoms with van der Waals surface area (Å²) in [5.74, 6) is 0.398. The smallest absolute Gasteiger partial charge is 0.262 e. The first kappa shape index (κ1) is 20.9. The van der Waals surface area contributed by atoms with Crippen LogP contribution in [-0.4, -0.2) is 11.9 Å². The molecule has 29 heavy (non-hydrogen) atoms. The van der Waals surface area contributed by atoms with Crippen LogP contribution in [0.2, 0.25) is 0 Å². The van der Waals surface area contributed by atoms with Gasteiger partial charge in [-0.15, -0.1) is 0 Å². The largest absolute Gasteiger partial charge is 0.488 e. The van der Waals surface area contributed by atoms with Crippen LogP contribution in [0, 0.1) is 14.9 Å². The van der Waals surface area contributed by atoms with Crippen molar-refractivity contribution < 1.29 is 9.53 Å². The Morgan fingerprint density at radius 2 is 1.90 bits per heavy atom. The number of fused-ring (bicyclic) bond motifs is 1. The van der Waals surface area contributed by atoms with Gasteiger partial charge in [0.25, 0.3) is 5.91 Å². The van der Waals surface area contributed by atoms with Gasteiger partial charge in [0.15, 0.2) is 0 Å². The second-order valence-corrected chi connectivity index (χ2v) is 8.12. The summed E-state index contributed by atoms with van der Waals surface area (Å²) in [7, 11) is 0. The Bertz CT molecular complexity index is 1110. The van der Waals surface area contributed by atoms with Gasteiger partial charge in [0, 0.05) is 6.04 Å². The van der Waals surface area contributed by atoms with E-state index in [4.69, 9.17) is 4.74 Å². The van der Waals surface area contributed by atoms with Gasteiger partial charge < -0.3 is 10.1 Å². The lowest BCUT2D eigenvalue weighted by atomic mass is 10.1. The molecule has 0 aliphatic carbocycles. The summed E-state index contributed by atoms with van der Waals surface area (Å²) in [5.41, 5.74) is 1.96. The summed E-state index contributed by atoms with van der Waals surface area (Å²) in [4.78, 5) is 12.1. The second kappa shape index (κ2) is 9.57. The van der Waals surface area contributed by atoms with Gasteiger partial charge >= 0.3 is 0 Å². The number of hydrogen-bond donors (Lipinski definition) is 1. The van der Waals surface area contributed by atoms with E-state index in [-0.39, 0.29) is 17.5 Å². The van der Waals surface area contributed by atoms with Crippen LogP contribution in [0.5, 0.6) is 5.75 Å². The predicted octanol–water partition coefficient (Wildman–Crippen LogP) is 5.45. The third-order valence-electron chi connectivity index (χ3n) is 4.26. The predicted molar refractivity (Wildman–Crippen MR) is 124 cm³/mol. The normalized spacial score (nSPS) is 11.3. The molecular weight excluding hydrogens is 475 g/mol. The zero-order valence-corrected chi connectivity index (χ0v) is 18.4. The Balaban J connectivity index is 1.72. The second-order valence-electron chi connectivity index (χ2n) is 6.96. The fourth-order valence-electron chi connectivity index (χ4n) is 2.87. The van der Waals surface area contributed by atoms with Crippen LogP contribution in [0.25, 0.3) is 16.8 Å². The molecule has 3 aromatic rings. The molecule has 0 saturated heterocycles. The van der Waals surface area contributed by atoms with Gasteiger partial charge in [-0.2, -0.15) is 5.26 Å². The average Bonchev–Trinajstić information content (AvgIpc) is 2.70. The molecule has 0 bridgehead atoms. The van der Waals surface area contributed by atoms with Crippen molar-refractivity contribution >= 4 is 45.3 Å². The number of benzene rings is 3. The maximum absolute atomic E-state index is 12.1. The number of nitriles is 1. The van der Waals surface area contributed by atoms with E-state index in [0.29, 0.717) is 6.61 Å². The molecule has 4 nitrogen and oxygen atoms in total. The first-order chi connectivity index (χ1) is 14.0. The van der Waals surface area contributed by atoms with Gasteiger partial charge in [-0.1, -0.05) is 42.5 Å². The van der Waals surface area contributed by atoms with E-state index in [9.17, 15) is 10.1 Å². The van der Waals surface area contributed by atoms with Crippen molar-refractivity contribution in [2.24, 2.45) is 0 Å². The maximum Gasteiger partial charge on any atom is 0.262 e. The number of halogens is 1. The topological polar surface area (TPSA) is 62.1 Å². The minimum absolute atomic E-state index is 0.0229. The molecule has 3 rings (SSSR count). The number of hydrogen-bond acceptors (Lipinski definition) is 3. The summed E-state index contributed by atoms with van der Waals surface area (Å²) in [6.45, 7) is 4.19. The number of carbonyl (C=O) groups is 1. The Labute approximate surface area is 184 Å². The lowest BCUT2D eigenvalue weighted by Gasteiger charge is -2.10. The lowest BCUT2D eigenvalue weighted by Crippen LogP contribution is -2.30. The van der Waals surface area contributed by atoms with Crippen LogP contribution < -0.4 is 10.1 Å². The maximum atomic E-state index is 12.1. The number of amides is 1. The minimum Gasteiger partial charge on any atom is -0.488 e. The van der Waals surface area contributed by atoms with Crippen LogP contribution >= 0.6 is 22.6 Å². The van der Waals surface area contributed by atoms with Gasteiger partial charge in [0.2, 0.25) is 0 Å². The first-order valence-corrected chi connectivity index (χ1v) is 10.4. The number of rotatable bonds is 6. The minimum atomic E-state index is -0.367. The Kier molecular flexibility index (Phi) is 6.89. The molecule has 0 fully saturated rings. The first-order valence-electron chi connectivity index (χ1n) is 9.29. The molecule has 0 unspecified atom stereocenters. The highest BCUT2D eigenvalue weighted by Gasteiger charge is 2.11. The molecule has 0 aliphatic heterocycles. The van der Waals surface area contributed by atoms with Crippen molar-refractivity contribution in [3.63, 3.8) is 0 Å². The molecule has 0 aliphatic rings. The highest BCUT2D eigenvalue weighted by Crippen LogP contribution is 2.25. The van der Waals surface area contributed by atoms with Gasteiger partial charge in [0.1, 0.15) is 24.0 Å². The zero-order valence-electron chi connectivity index (χ0n) is 16.3. The number of carbonyl (C=O) groups excluding carboxylic acids is 1. The van der Waals surface area contributed by atoms with Crippen LogP contribution in [0.15, 0.2) is 66.2 Å². The molecule has 0 saturated carbocycles. The standard InChI is InChI=1S/C24H21IN2O2/c1-16(2)27-24(28)21(14-26)11-17-8-10-23(22(25)13-17)29-15-18-7-9-19-5-3-4-6-20(19)12-18/h3-13,16H,15H2,1-2H3,(H,27,28)/b21-11-. The third kappa shape index (κ3) is 5.58. The quantitative estimate of drug-likeness (QED) is 0.280. The SMILES string of the molecule is CC(C)NC(=O)/C(C#N)=C\c1ccc(OCc2ccc3ccccc3c2)c(I)c1. The molecule has 0 atom stereocenters. The molecule has 0 aromatic heterocycles. The molecule has 3 aromatic carbocycles. The van der Waals surface area contributed by atoms with E-state index in [1.165, 1.54) is 10.8 Å². The summed E-state index contributed by atoms with van der Waals surface area (Å²) in [5, 5.41) is 14.4. The Morgan fingerprint density at radius 1 is 1.14 bits per heavy atom. The fourth-order valence-corrected chi connectivity index (χ4v) is 3.56. The summed E-state index contributed by atoms with van der Waals surface area (Å²) in [6, 6.07) is 22.1. The Morgan fingerprint density at radius 3 is 2.59 bits per heavy atom. The Hall–Kier alpha value is -2.85. The van der Waals surface area contributed by atoms with Crippen molar-refractivity contribution in [2.45, 2.75) is 26.5 Å². The van der Waals surface area contributed by atoms with E-state index in [2.05, 4.69) is 58.2 Å². The molecule has 5 heteroatoms. The summed E-state index contributed by atoms with van der Waals surface area (Å²) < 4.78 is 6.90. The van der Waals surface area contributed by atoms with Crippen molar-refractivity contribution in [2.75, 3.05) is 0 Å². The summed E-state index contributed by atoms with van der Waals surface area (Å²) in [6.07, 6.45) is 1.59. The molecule has 0 spiro atoms. The molecule has 0 radical (unpaired) electrons. The summed E-state index contributed by atoms with van der Waals surface area (Å²) >= 11 is 2.20. The molecule has 1 N–H and O–H groups in total. The average molecular weight is 496 g/mol. The van der Waals surface area contributed by atoms with Gasteiger partial charge in [-0.25, -0.2) is 0 Å². The molecular formula is C24H21IN2O2. The monoisotopic (exact) mass is 496 g/mol. The van der Waals surface area contributed by atoms with Crippen LogP contribution in [0.1, 0.15) is 25.0 Å². The third-order valence-corrected chi connectivity index (χ3v) is 5.10. The fraction of sp³-hybridized carbons (Fsp3) is 0.167. The van der Waals surface area contributed by atoms with E-state index >= 15 is 0 Å². The van der Waals surface area contributed by atoms with Crippen LogP contribution in [0.3, 0.4) is 0 Å². The van der Waals surface area contributed by atoms with Crippen LogP contribution in [0.4, 0.5) is 0 Å². The zero-order chi connectivity index (χ0) is 20.8. The van der Waals surface area contributed by atoms with Gasteiger partial charge in [-0.05, 0) is 82.6 Å². The molecule has 1 amide bonds. The lowest BCUT2D eigenvalue weighted by molar-refractivity contribution is -0.117. The van der Waals surface area contributed by atoms with Crippen molar-refractivity contribution in [1.82, 2.24) is 5.32 Å². The van der Waals surface area contributed by atoms with E-state index in [1.54, 1.807) is 6.08 Å². The number of ether oxygens (including phenoxy) is 1. The molecule has 146 valence electrons. The van der Waals surface area contributed by atoms with E-state index in [0.717, 1.165) is 20.4 Å². The van der Waals surface area contributed by atoms with E-state index in [1.807, 2.05) is 50.2 Å². The number of nitrogens with one attached hydrogen (secondary N) is 1. The number of nitrogens with zero attached hydrogens (tertiary/aromatic N) is 1. The van der Waals surface area contributed by atoms with Crippen molar-refractivity contribution in [1.29, 1.82) is 5.26 Å². The van der Waals surface area contributed by atoms with Gasteiger partial charge in [0.05, 0.1) is 3.57 Å². The van der Waals surface area contributed by atoms with Crippen molar-refractivity contribution in [3.05, 3.63) is 80.9 Å². The van der Waals surface area contributed by atoms with E-state index < -0.39 is 0 Å². The highest BCUT2D eigenvalue weighted by molar-refractivity contribution is 14.1. The highest BCUT2D eigenvalue weighted by atomic mass is 127.